The Kier molecular flexibility index (Phi) is 19.9. The number of nitrogens with zero attached hydrogens (tertiary/aromatic N) is 4. The Morgan fingerprint density at radius 3 is 1.48 bits per heavy atom. The minimum atomic E-state index is -4.41. The molecular formula is C64H65ClF6N4O7S2. The van der Waals surface area contributed by atoms with E-state index in [0.29, 0.717) is 63.0 Å². The van der Waals surface area contributed by atoms with Gasteiger partial charge in [0.15, 0.2) is 11.2 Å². The van der Waals surface area contributed by atoms with Crippen molar-refractivity contribution < 1.29 is 60.0 Å². The smallest absolute Gasteiger partial charge is 0.416 e. The number of aliphatic carboxylic acids is 1. The molecule has 0 saturated heterocycles. The van der Waals surface area contributed by atoms with Crippen LogP contribution >= 0.6 is 34.3 Å². The van der Waals surface area contributed by atoms with Gasteiger partial charge in [0.25, 0.3) is 0 Å². The molecule has 2 aromatic heterocycles. The minimum absolute atomic E-state index is 0.265. The van der Waals surface area contributed by atoms with E-state index in [2.05, 4.69) is 9.80 Å². The molecule has 11 nitrogen and oxygen atoms in total. The standard InChI is InChI=1S/C33H34ClF3N2O3S.C31H31F3N2O4S/c1-7-41-31(40)32(5,6)42-28-20(2)16-23(17-21(28)3)18-39(19-25-10-8-9-11-27(25)34)30-22(4)38-29(43-30)24-12-14-26(15-13-24)33(35,36)37;1-18-15-21(16-19(2)26(18)40-30(4,5)29(37)38)17-36(24-11-13-25(39-6)14-12-24)28-20(3)35-27(41-28)22-7-9-23(10-8-22)31(32,33)34/h8-17H,7,18-19H2,1-6H3;7-16H,17H2,1-6H3,(H,37,38). The summed E-state index contributed by atoms with van der Waals surface area (Å²) < 4.78 is 101. The minimum Gasteiger partial charge on any atom is -0.497 e. The average molecular weight is 1220 g/mol. The number of anilines is 3. The second-order valence-electron chi connectivity index (χ2n) is 21.1. The van der Waals surface area contributed by atoms with Gasteiger partial charge in [-0.05, 0) is 170 Å². The monoisotopic (exact) mass is 1210 g/mol. The van der Waals surface area contributed by atoms with Gasteiger partial charge in [-0.1, -0.05) is 101 Å². The summed E-state index contributed by atoms with van der Waals surface area (Å²) in [5, 5.41) is 13.1. The van der Waals surface area contributed by atoms with Crippen molar-refractivity contribution in [1.82, 2.24) is 9.97 Å². The zero-order valence-corrected chi connectivity index (χ0v) is 50.9. The molecule has 2 heterocycles. The summed E-state index contributed by atoms with van der Waals surface area (Å²) in [6, 6.07) is 33.2. The topological polar surface area (TPSA) is 124 Å². The maximum Gasteiger partial charge on any atom is 0.416 e. The Hall–Kier alpha value is -7.61. The summed E-state index contributed by atoms with van der Waals surface area (Å²) >= 11 is 9.36. The molecule has 0 aliphatic heterocycles. The van der Waals surface area contributed by atoms with Gasteiger partial charge >= 0.3 is 24.3 Å². The molecule has 0 saturated carbocycles. The van der Waals surface area contributed by atoms with E-state index in [1.807, 2.05) is 114 Å². The molecule has 6 aromatic carbocycles. The molecule has 0 unspecified atom stereocenters. The van der Waals surface area contributed by atoms with Gasteiger partial charge in [0, 0.05) is 41.5 Å². The summed E-state index contributed by atoms with van der Waals surface area (Å²) in [6.07, 6.45) is -8.81. The molecule has 0 amide bonds. The SMILES string of the molecule is CCOC(=O)C(C)(C)Oc1c(C)cc(CN(Cc2ccccc2Cl)c2sc(-c3ccc(C(F)(F)F)cc3)nc2C)cc1C.COc1ccc(N(Cc2cc(C)c(OC(C)(C)C(=O)O)c(C)c2)c2sc(-c3ccc(C(F)(F)F)cc3)nc2C)cc1. The molecule has 0 atom stereocenters. The second kappa shape index (κ2) is 26.1. The van der Waals surface area contributed by atoms with Crippen LogP contribution < -0.4 is 24.0 Å². The van der Waals surface area contributed by atoms with Crippen LogP contribution in [-0.2, 0) is 46.3 Å². The number of methoxy groups -OCH3 is 1. The number of ether oxygens (including phenoxy) is 4. The predicted molar refractivity (Wildman–Crippen MR) is 320 cm³/mol. The maximum atomic E-state index is 13.1. The number of aromatic nitrogens is 2. The Labute approximate surface area is 498 Å². The first-order valence-electron chi connectivity index (χ1n) is 26.6. The number of carboxylic acids is 1. The first-order valence-corrected chi connectivity index (χ1v) is 28.6. The third-order valence-corrected chi connectivity index (χ3v) is 16.3. The zero-order chi connectivity index (χ0) is 61.6. The highest BCUT2D eigenvalue weighted by Gasteiger charge is 2.35. The highest BCUT2D eigenvalue weighted by molar-refractivity contribution is 7.19. The van der Waals surface area contributed by atoms with Gasteiger partial charge in [-0.15, -0.1) is 0 Å². The summed E-state index contributed by atoms with van der Waals surface area (Å²) in [5.41, 5.74) is 5.87. The lowest BCUT2D eigenvalue weighted by Gasteiger charge is -2.28. The maximum absolute atomic E-state index is 13.1. The van der Waals surface area contributed by atoms with Crippen molar-refractivity contribution in [3.8, 4) is 38.4 Å². The third-order valence-electron chi connectivity index (χ3n) is 13.4. The van der Waals surface area contributed by atoms with Gasteiger partial charge in [0.05, 0.1) is 36.2 Å². The normalized spacial score (nSPS) is 11.8. The van der Waals surface area contributed by atoms with Crippen molar-refractivity contribution in [3.05, 3.63) is 188 Å². The Bertz CT molecular complexity index is 3570. The number of carbonyl (C=O) groups excluding carboxylic acids is 1. The van der Waals surface area contributed by atoms with Gasteiger partial charge in [0.1, 0.15) is 37.3 Å². The first kappa shape index (κ1) is 64.0. The molecule has 1 N–H and O–H groups in total. The van der Waals surface area contributed by atoms with E-state index in [1.165, 1.54) is 60.8 Å². The molecule has 0 bridgehead atoms. The van der Waals surface area contributed by atoms with Crippen LogP contribution in [0.1, 0.15) is 96.1 Å². The fraction of sp³-hybridized carbons (Fsp3) is 0.312. The Morgan fingerprint density at radius 2 is 1.04 bits per heavy atom. The van der Waals surface area contributed by atoms with Gasteiger partial charge in [-0.25, -0.2) is 19.6 Å². The van der Waals surface area contributed by atoms with E-state index in [1.54, 1.807) is 27.9 Å². The van der Waals surface area contributed by atoms with Crippen molar-refractivity contribution >= 4 is 61.9 Å². The molecule has 20 heteroatoms. The number of hydrogen-bond acceptors (Lipinski definition) is 12. The van der Waals surface area contributed by atoms with Crippen LogP contribution in [0.15, 0.2) is 121 Å². The molecule has 0 aliphatic carbocycles. The van der Waals surface area contributed by atoms with Crippen LogP contribution in [-0.4, -0.2) is 51.9 Å². The molecule has 0 radical (unpaired) electrons. The molecular weight excluding hydrogens is 1150 g/mol. The van der Waals surface area contributed by atoms with Crippen LogP contribution in [0.4, 0.5) is 42.0 Å². The van der Waals surface area contributed by atoms with Gasteiger partial charge < -0.3 is 33.9 Å². The summed E-state index contributed by atoms with van der Waals surface area (Å²) in [5.74, 6) is 0.354. The molecule has 444 valence electrons. The molecule has 8 rings (SSSR count). The van der Waals surface area contributed by atoms with Gasteiger partial charge in [-0.2, -0.15) is 26.3 Å². The van der Waals surface area contributed by atoms with E-state index < -0.39 is 46.6 Å². The number of benzene rings is 6. The predicted octanol–water partition coefficient (Wildman–Crippen LogP) is 17.7. The number of aryl methyl sites for hydroxylation is 6. The van der Waals surface area contributed by atoms with E-state index in [-0.39, 0.29) is 6.61 Å². The summed E-state index contributed by atoms with van der Waals surface area (Å²) in [4.78, 5) is 37.7. The number of rotatable bonds is 19. The van der Waals surface area contributed by atoms with E-state index in [9.17, 15) is 41.0 Å². The fourth-order valence-corrected chi connectivity index (χ4v) is 11.5. The summed E-state index contributed by atoms with van der Waals surface area (Å²) in [6.45, 7) is 21.2. The summed E-state index contributed by atoms with van der Waals surface area (Å²) in [7, 11) is 1.59. The van der Waals surface area contributed by atoms with E-state index >= 15 is 0 Å². The van der Waals surface area contributed by atoms with Gasteiger partial charge in [0.2, 0.25) is 0 Å². The second-order valence-corrected chi connectivity index (χ2v) is 23.4. The van der Waals surface area contributed by atoms with Crippen molar-refractivity contribution in [1.29, 1.82) is 0 Å². The first-order chi connectivity index (χ1) is 39.4. The van der Waals surface area contributed by atoms with Crippen molar-refractivity contribution in [3.63, 3.8) is 0 Å². The van der Waals surface area contributed by atoms with Crippen molar-refractivity contribution in [2.45, 2.75) is 119 Å². The van der Waals surface area contributed by atoms with Crippen molar-refractivity contribution in [2.75, 3.05) is 23.5 Å². The third kappa shape index (κ3) is 15.6. The number of carboxylic acid groups (broad SMARTS) is 1. The van der Waals surface area contributed by atoms with Crippen molar-refractivity contribution in [2.24, 2.45) is 0 Å². The number of halogens is 7. The number of carbonyl (C=O) groups is 2. The van der Waals surface area contributed by atoms with Crippen LogP contribution in [0.2, 0.25) is 5.02 Å². The number of alkyl halides is 6. The molecule has 0 aliphatic rings. The zero-order valence-electron chi connectivity index (χ0n) is 48.5. The van der Waals surface area contributed by atoms with Crippen LogP contribution in [0, 0.1) is 41.5 Å². The Morgan fingerprint density at radius 1 is 0.595 bits per heavy atom. The highest BCUT2D eigenvalue weighted by atomic mass is 35.5. The van der Waals surface area contributed by atoms with Gasteiger partial charge in [-0.3, -0.25) is 0 Å². The average Bonchev–Trinajstić information content (AvgIpc) is 3.00. The molecule has 0 fully saturated rings. The van der Waals surface area contributed by atoms with E-state index in [0.717, 1.165) is 90.3 Å². The lowest BCUT2D eigenvalue weighted by molar-refractivity contribution is -0.158. The van der Waals surface area contributed by atoms with E-state index in [4.69, 9.17) is 40.5 Å². The largest absolute Gasteiger partial charge is 0.497 e. The quantitative estimate of drug-likeness (QED) is 0.0615. The van der Waals surface area contributed by atoms with Crippen LogP contribution in [0.3, 0.4) is 0 Å². The molecule has 8 aromatic rings. The molecule has 84 heavy (non-hydrogen) atoms. The number of hydrogen-bond donors (Lipinski definition) is 1. The molecule has 0 spiro atoms. The van der Waals surface area contributed by atoms with Crippen LogP contribution in [0.5, 0.6) is 17.2 Å². The van der Waals surface area contributed by atoms with Crippen LogP contribution in [0.25, 0.3) is 21.1 Å². The number of thiazole rings is 2. The Balaban J connectivity index is 0.000000241. The lowest BCUT2D eigenvalue weighted by Crippen LogP contribution is -2.40. The lowest BCUT2D eigenvalue weighted by atomic mass is 10.0. The number of esters is 1. The fourth-order valence-electron chi connectivity index (χ4n) is 9.13. The highest BCUT2D eigenvalue weighted by Crippen LogP contribution is 2.43.